The van der Waals surface area contributed by atoms with Gasteiger partial charge in [0, 0.05) is 21.4 Å². The lowest BCUT2D eigenvalue weighted by Gasteiger charge is -2.28. The van der Waals surface area contributed by atoms with Crippen molar-refractivity contribution in [2.45, 2.75) is 5.92 Å². The maximum absolute atomic E-state index is 13.7. The van der Waals surface area contributed by atoms with Crippen LogP contribution in [0.3, 0.4) is 0 Å². The molecule has 0 saturated heterocycles. The molecule has 6 heteroatoms. The Hall–Kier alpha value is -2.55. The third-order valence-electron chi connectivity index (χ3n) is 4.45. The summed E-state index contributed by atoms with van der Waals surface area (Å²) in [7, 11) is 0. The van der Waals surface area contributed by atoms with E-state index in [-0.39, 0.29) is 17.3 Å². The fraction of sp³-hybridized carbons (Fsp3) is 0.0500. The molecule has 26 heavy (non-hydrogen) atoms. The number of nitrogens with zero attached hydrogens (tertiary/aromatic N) is 1. The largest absolute Gasteiger partial charge is 0.440 e. The summed E-state index contributed by atoms with van der Waals surface area (Å²) in [6.07, 6.45) is 0. The van der Waals surface area contributed by atoms with Crippen LogP contribution in [0, 0.1) is 17.1 Å². The molecule has 3 aromatic carbocycles. The first kappa shape index (κ1) is 16.9. The van der Waals surface area contributed by atoms with E-state index < -0.39 is 5.92 Å². The predicted octanol–water partition coefficient (Wildman–Crippen LogP) is 5.61. The van der Waals surface area contributed by atoms with Crippen molar-refractivity contribution in [2.75, 3.05) is 0 Å². The lowest BCUT2D eigenvalue weighted by molar-refractivity contribution is 0.398. The maximum atomic E-state index is 13.7. The van der Waals surface area contributed by atoms with Gasteiger partial charge in [0.05, 0.1) is 10.4 Å². The Balaban J connectivity index is 2.05. The van der Waals surface area contributed by atoms with Gasteiger partial charge in [-0.15, -0.1) is 0 Å². The van der Waals surface area contributed by atoms with Crippen LogP contribution in [0.4, 0.5) is 4.39 Å². The van der Waals surface area contributed by atoms with Crippen LogP contribution in [0.15, 0.2) is 64.5 Å². The average molecular weight is 430 g/mol. The molecule has 4 rings (SSSR count). The van der Waals surface area contributed by atoms with Crippen LogP contribution in [0.2, 0.25) is 5.02 Å². The summed E-state index contributed by atoms with van der Waals surface area (Å²) in [5, 5.41) is 11.8. The average Bonchev–Trinajstić information content (AvgIpc) is 2.64. The van der Waals surface area contributed by atoms with Gasteiger partial charge in [-0.2, -0.15) is 5.26 Å². The van der Waals surface area contributed by atoms with Crippen molar-refractivity contribution < 1.29 is 9.13 Å². The standard InChI is InChI=1S/C20H11BrClFN2O/c21-15-7-10(5-6-17(15)23)18-13-8-16(22)11-3-1-2-4-12(11)19(13)26-20(25)14(18)9-24/h1-8,18H,25H2/t18-/m0/s1. The Bertz CT molecular complexity index is 1140. The molecule has 1 aliphatic heterocycles. The number of nitriles is 1. The molecule has 3 nitrogen and oxygen atoms in total. The fourth-order valence-corrected chi connectivity index (χ4v) is 3.95. The van der Waals surface area contributed by atoms with Gasteiger partial charge in [0.1, 0.15) is 23.2 Å². The number of nitrogens with two attached hydrogens (primary N) is 1. The van der Waals surface area contributed by atoms with Crippen molar-refractivity contribution in [3.8, 4) is 11.8 Å². The summed E-state index contributed by atoms with van der Waals surface area (Å²) in [6, 6.07) is 16.1. The van der Waals surface area contributed by atoms with E-state index in [0.29, 0.717) is 20.8 Å². The van der Waals surface area contributed by atoms with Gasteiger partial charge >= 0.3 is 0 Å². The van der Waals surface area contributed by atoms with Crippen LogP contribution in [-0.4, -0.2) is 0 Å². The number of ether oxygens (including phenoxy) is 1. The normalized spacial score (nSPS) is 16.2. The highest BCUT2D eigenvalue weighted by Gasteiger charge is 2.32. The molecule has 0 bridgehead atoms. The molecular formula is C20H11BrClFN2O. The Labute approximate surface area is 162 Å². The van der Waals surface area contributed by atoms with Crippen molar-refractivity contribution in [2.24, 2.45) is 5.73 Å². The Morgan fingerprint density at radius 2 is 1.88 bits per heavy atom. The number of hydrogen-bond donors (Lipinski definition) is 1. The molecule has 3 aromatic rings. The van der Waals surface area contributed by atoms with Crippen molar-refractivity contribution in [1.29, 1.82) is 5.26 Å². The number of benzene rings is 3. The minimum Gasteiger partial charge on any atom is -0.440 e. The van der Waals surface area contributed by atoms with E-state index >= 15 is 0 Å². The molecule has 0 unspecified atom stereocenters. The zero-order valence-corrected chi connectivity index (χ0v) is 15.6. The molecule has 0 saturated carbocycles. The second kappa shape index (κ2) is 6.31. The molecule has 0 fully saturated rings. The first-order valence-electron chi connectivity index (χ1n) is 7.75. The molecule has 2 N–H and O–H groups in total. The smallest absolute Gasteiger partial charge is 0.205 e. The first-order chi connectivity index (χ1) is 12.5. The van der Waals surface area contributed by atoms with E-state index in [2.05, 4.69) is 22.0 Å². The molecule has 0 radical (unpaired) electrons. The molecule has 0 aliphatic carbocycles. The molecule has 1 heterocycles. The summed E-state index contributed by atoms with van der Waals surface area (Å²) in [5.41, 5.74) is 7.75. The number of fused-ring (bicyclic) bond motifs is 3. The molecule has 1 atom stereocenters. The van der Waals surface area contributed by atoms with Crippen LogP contribution in [0.5, 0.6) is 5.75 Å². The van der Waals surface area contributed by atoms with Crippen LogP contribution >= 0.6 is 27.5 Å². The zero-order chi connectivity index (χ0) is 18.4. The topological polar surface area (TPSA) is 59.0 Å². The van der Waals surface area contributed by atoms with Crippen LogP contribution in [-0.2, 0) is 0 Å². The summed E-state index contributed by atoms with van der Waals surface area (Å²) < 4.78 is 19.8. The van der Waals surface area contributed by atoms with Crippen molar-refractivity contribution in [3.63, 3.8) is 0 Å². The second-order valence-corrected chi connectivity index (χ2v) is 7.18. The van der Waals surface area contributed by atoms with E-state index in [0.717, 1.165) is 16.3 Å². The van der Waals surface area contributed by atoms with Crippen molar-refractivity contribution in [1.82, 2.24) is 0 Å². The van der Waals surface area contributed by atoms with E-state index in [1.165, 1.54) is 6.07 Å². The Kier molecular flexibility index (Phi) is 4.10. The van der Waals surface area contributed by atoms with Gasteiger partial charge in [-0.25, -0.2) is 4.39 Å². The van der Waals surface area contributed by atoms with Gasteiger partial charge in [-0.05, 0) is 39.7 Å². The highest BCUT2D eigenvalue weighted by Crippen LogP contribution is 2.47. The fourth-order valence-electron chi connectivity index (χ4n) is 3.27. The van der Waals surface area contributed by atoms with Crippen molar-refractivity contribution in [3.05, 3.63) is 86.4 Å². The van der Waals surface area contributed by atoms with E-state index in [1.807, 2.05) is 24.3 Å². The van der Waals surface area contributed by atoms with E-state index in [4.69, 9.17) is 22.1 Å². The van der Waals surface area contributed by atoms with Gasteiger partial charge in [0.2, 0.25) is 5.88 Å². The molecular weight excluding hydrogens is 419 g/mol. The maximum Gasteiger partial charge on any atom is 0.205 e. The highest BCUT2D eigenvalue weighted by atomic mass is 79.9. The quantitative estimate of drug-likeness (QED) is 0.547. The Morgan fingerprint density at radius 1 is 1.15 bits per heavy atom. The minimum atomic E-state index is -0.497. The lowest BCUT2D eigenvalue weighted by Crippen LogP contribution is -2.21. The summed E-state index contributed by atoms with van der Waals surface area (Å²) in [6.45, 7) is 0. The number of allylic oxidation sites excluding steroid dienone is 1. The van der Waals surface area contributed by atoms with Crippen LogP contribution in [0.25, 0.3) is 10.8 Å². The second-order valence-electron chi connectivity index (χ2n) is 5.92. The minimum absolute atomic E-state index is 0.0397. The Morgan fingerprint density at radius 3 is 2.58 bits per heavy atom. The summed E-state index contributed by atoms with van der Waals surface area (Å²) >= 11 is 9.68. The number of halogens is 3. The van der Waals surface area contributed by atoms with Gasteiger partial charge in [-0.1, -0.05) is 41.9 Å². The first-order valence-corrected chi connectivity index (χ1v) is 8.92. The summed E-state index contributed by atoms with van der Waals surface area (Å²) in [4.78, 5) is 0. The van der Waals surface area contributed by atoms with Crippen LogP contribution in [0.1, 0.15) is 17.0 Å². The van der Waals surface area contributed by atoms with Gasteiger partial charge in [-0.3, -0.25) is 0 Å². The van der Waals surface area contributed by atoms with Gasteiger partial charge < -0.3 is 10.5 Å². The number of rotatable bonds is 1. The predicted molar refractivity (Wildman–Crippen MR) is 102 cm³/mol. The molecule has 0 spiro atoms. The van der Waals surface area contributed by atoms with Gasteiger partial charge in [0.25, 0.3) is 0 Å². The molecule has 0 aromatic heterocycles. The van der Waals surface area contributed by atoms with Crippen molar-refractivity contribution >= 4 is 38.3 Å². The van der Waals surface area contributed by atoms with E-state index in [9.17, 15) is 9.65 Å². The molecule has 1 aliphatic rings. The third-order valence-corrected chi connectivity index (χ3v) is 5.37. The SMILES string of the molecule is N#CC1=C(N)Oc2c(cc(Cl)c3ccccc23)[C@@H]1c1ccc(F)c(Br)c1. The summed E-state index contributed by atoms with van der Waals surface area (Å²) in [5.74, 6) is -0.277. The lowest BCUT2D eigenvalue weighted by atomic mass is 9.82. The third kappa shape index (κ3) is 2.54. The molecule has 128 valence electrons. The number of hydrogen-bond acceptors (Lipinski definition) is 3. The van der Waals surface area contributed by atoms with E-state index in [1.54, 1.807) is 18.2 Å². The highest BCUT2D eigenvalue weighted by molar-refractivity contribution is 9.10. The van der Waals surface area contributed by atoms with Crippen LogP contribution < -0.4 is 10.5 Å². The van der Waals surface area contributed by atoms with Gasteiger partial charge in [0.15, 0.2) is 0 Å². The zero-order valence-electron chi connectivity index (χ0n) is 13.3. The molecule has 0 amide bonds. The monoisotopic (exact) mass is 428 g/mol.